The number of carbonyl (C=O) groups is 1. The number of halogens is 1. The lowest BCUT2D eigenvalue weighted by Gasteiger charge is -2.24. The summed E-state index contributed by atoms with van der Waals surface area (Å²) in [4.78, 5) is 12.0. The maximum atomic E-state index is 12.5. The quantitative estimate of drug-likeness (QED) is 0.574. The van der Waals surface area contributed by atoms with Gasteiger partial charge in [0.15, 0.2) is 12.1 Å². The second-order valence-corrected chi connectivity index (χ2v) is 2.15. The van der Waals surface area contributed by atoms with Gasteiger partial charge in [-0.1, -0.05) is 0 Å². The zero-order valence-corrected chi connectivity index (χ0v) is 6.04. The van der Waals surface area contributed by atoms with Gasteiger partial charge in [0, 0.05) is 12.7 Å². The lowest BCUT2D eigenvalue weighted by Crippen LogP contribution is -2.47. The Kier molecular flexibility index (Phi) is 2.09. The number of aliphatic hydroxyl groups excluding tert-OH is 1. The van der Waals surface area contributed by atoms with E-state index in [1.54, 1.807) is 6.92 Å². The van der Waals surface area contributed by atoms with Crippen LogP contribution in [0.3, 0.4) is 0 Å². The Labute approximate surface area is 63.3 Å². The molecule has 0 aliphatic carbocycles. The summed E-state index contributed by atoms with van der Waals surface area (Å²) < 4.78 is 12.5. The molecule has 0 bridgehead atoms. The van der Waals surface area contributed by atoms with E-state index in [1.807, 2.05) is 5.32 Å². The molecule has 0 spiro atoms. The van der Waals surface area contributed by atoms with Crippen molar-refractivity contribution < 1.29 is 14.3 Å². The molecule has 1 atom stereocenters. The molecule has 0 fully saturated rings. The van der Waals surface area contributed by atoms with E-state index in [-0.39, 0.29) is 0 Å². The van der Waals surface area contributed by atoms with Crippen LogP contribution < -0.4 is 5.32 Å². The Morgan fingerprint density at radius 2 is 2.55 bits per heavy atom. The Morgan fingerprint density at radius 3 is 3.09 bits per heavy atom. The second kappa shape index (κ2) is 2.87. The minimum absolute atomic E-state index is 0.381. The van der Waals surface area contributed by atoms with Crippen LogP contribution in [0.4, 0.5) is 9.18 Å². The molecule has 0 aromatic carbocycles. The van der Waals surface area contributed by atoms with Crippen LogP contribution in [-0.4, -0.2) is 28.8 Å². The molecule has 62 valence electrons. The lowest BCUT2D eigenvalue weighted by atomic mass is 10.4. The number of amides is 2. The van der Waals surface area contributed by atoms with Crippen LogP contribution in [0.5, 0.6) is 0 Å². The van der Waals surface area contributed by atoms with E-state index in [0.717, 1.165) is 11.1 Å². The lowest BCUT2D eigenvalue weighted by molar-refractivity contribution is 0.124. The number of rotatable bonds is 1. The van der Waals surface area contributed by atoms with Gasteiger partial charge < -0.3 is 10.4 Å². The summed E-state index contributed by atoms with van der Waals surface area (Å²) in [6, 6.07) is -0.485. The molecule has 0 aromatic rings. The third-order valence-corrected chi connectivity index (χ3v) is 1.40. The maximum absolute atomic E-state index is 12.5. The summed E-state index contributed by atoms with van der Waals surface area (Å²) >= 11 is 0. The van der Waals surface area contributed by atoms with Crippen LogP contribution in [0.25, 0.3) is 0 Å². The van der Waals surface area contributed by atoms with Gasteiger partial charge in [-0.15, -0.1) is 0 Å². The standard InChI is InChI=1S/C6H9FN2O2/c1-2-9-3-4(7)5(10)8-6(9)11/h3,5,10H,2H2,1H3,(H,8,11). The van der Waals surface area contributed by atoms with E-state index < -0.39 is 18.1 Å². The highest BCUT2D eigenvalue weighted by atomic mass is 19.1. The minimum atomic E-state index is -1.48. The van der Waals surface area contributed by atoms with Crippen molar-refractivity contribution in [2.45, 2.75) is 13.2 Å². The van der Waals surface area contributed by atoms with Crippen LogP contribution in [0, 0.1) is 0 Å². The van der Waals surface area contributed by atoms with E-state index in [2.05, 4.69) is 0 Å². The predicted octanol–water partition coefficient (Wildman–Crippen LogP) is 0.161. The molecule has 0 radical (unpaired) electrons. The zero-order valence-electron chi connectivity index (χ0n) is 6.04. The molecule has 5 heteroatoms. The smallest absolute Gasteiger partial charge is 0.323 e. The average molecular weight is 160 g/mol. The molecule has 1 aliphatic rings. The number of hydrogen-bond acceptors (Lipinski definition) is 2. The molecule has 1 aliphatic heterocycles. The summed E-state index contributed by atoms with van der Waals surface area (Å²) in [5, 5.41) is 10.8. The number of urea groups is 1. The van der Waals surface area contributed by atoms with Crippen molar-refractivity contribution >= 4 is 6.03 Å². The number of nitrogens with zero attached hydrogens (tertiary/aromatic N) is 1. The highest BCUT2D eigenvalue weighted by Gasteiger charge is 2.23. The fourth-order valence-electron chi connectivity index (χ4n) is 0.782. The molecule has 0 saturated carbocycles. The summed E-state index contributed by atoms with van der Waals surface area (Å²) in [7, 11) is 0. The third-order valence-electron chi connectivity index (χ3n) is 1.40. The van der Waals surface area contributed by atoms with Crippen molar-refractivity contribution in [2.75, 3.05) is 6.54 Å². The van der Waals surface area contributed by atoms with Gasteiger partial charge in [0.2, 0.25) is 0 Å². The summed E-state index contributed by atoms with van der Waals surface area (Å²) in [5.41, 5.74) is 0. The average Bonchev–Trinajstić information content (AvgIpc) is 1.97. The van der Waals surface area contributed by atoms with Crippen molar-refractivity contribution in [3.63, 3.8) is 0 Å². The van der Waals surface area contributed by atoms with Crippen molar-refractivity contribution in [3.05, 3.63) is 12.0 Å². The predicted molar refractivity (Wildman–Crippen MR) is 36.1 cm³/mol. The van der Waals surface area contributed by atoms with Gasteiger partial charge in [-0.25, -0.2) is 9.18 Å². The van der Waals surface area contributed by atoms with Crippen molar-refractivity contribution in [1.29, 1.82) is 0 Å². The number of carbonyl (C=O) groups excluding carboxylic acids is 1. The Morgan fingerprint density at radius 1 is 1.91 bits per heavy atom. The first kappa shape index (κ1) is 8.00. The molecular formula is C6H9FN2O2. The summed E-state index contributed by atoms with van der Waals surface area (Å²) in [6.07, 6.45) is -0.492. The normalized spacial score (nSPS) is 24.6. The molecule has 2 amide bonds. The molecule has 1 unspecified atom stereocenters. The van der Waals surface area contributed by atoms with Crippen LogP contribution in [0.1, 0.15) is 6.92 Å². The number of nitrogens with one attached hydrogen (secondary N) is 1. The van der Waals surface area contributed by atoms with Crippen LogP contribution in [0.15, 0.2) is 12.0 Å². The van der Waals surface area contributed by atoms with Crippen LogP contribution in [-0.2, 0) is 0 Å². The van der Waals surface area contributed by atoms with Gasteiger partial charge in [-0.05, 0) is 6.92 Å². The van der Waals surface area contributed by atoms with Gasteiger partial charge >= 0.3 is 6.03 Å². The fraction of sp³-hybridized carbons (Fsp3) is 0.500. The van der Waals surface area contributed by atoms with Gasteiger partial charge in [-0.3, -0.25) is 4.90 Å². The molecule has 11 heavy (non-hydrogen) atoms. The van der Waals surface area contributed by atoms with Crippen LogP contribution in [0.2, 0.25) is 0 Å². The third kappa shape index (κ3) is 1.48. The monoisotopic (exact) mass is 160 g/mol. The Bertz CT molecular complexity index is 205. The van der Waals surface area contributed by atoms with E-state index >= 15 is 0 Å². The Balaban J connectivity index is 2.77. The topological polar surface area (TPSA) is 52.6 Å². The van der Waals surface area contributed by atoms with Gasteiger partial charge in [0.05, 0.1) is 0 Å². The van der Waals surface area contributed by atoms with Crippen LogP contribution >= 0.6 is 0 Å². The first-order valence-electron chi connectivity index (χ1n) is 3.27. The van der Waals surface area contributed by atoms with E-state index in [1.165, 1.54) is 0 Å². The number of hydrogen-bond donors (Lipinski definition) is 2. The zero-order chi connectivity index (χ0) is 8.43. The van der Waals surface area contributed by atoms with E-state index in [9.17, 15) is 9.18 Å². The molecule has 4 nitrogen and oxygen atoms in total. The molecule has 1 heterocycles. The molecule has 0 aromatic heterocycles. The van der Waals surface area contributed by atoms with Gasteiger partial charge in [-0.2, -0.15) is 0 Å². The summed E-state index contributed by atoms with van der Waals surface area (Å²) in [5.74, 6) is -0.744. The van der Waals surface area contributed by atoms with Gasteiger partial charge in [0.25, 0.3) is 0 Å². The highest BCUT2D eigenvalue weighted by Crippen LogP contribution is 2.09. The molecular weight excluding hydrogens is 151 g/mol. The van der Waals surface area contributed by atoms with E-state index in [4.69, 9.17) is 5.11 Å². The Hall–Kier alpha value is -1.10. The van der Waals surface area contributed by atoms with Crippen molar-refractivity contribution in [2.24, 2.45) is 0 Å². The molecule has 1 rings (SSSR count). The molecule has 2 N–H and O–H groups in total. The highest BCUT2D eigenvalue weighted by molar-refractivity contribution is 5.76. The van der Waals surface area contributed by atoms with Crippen molar-refractivity contribution in [1.82, 2.24) is 10.2 Å². The fourth-order valence-corrected chi connectivity index (χ4v) is 0.782. The SMILES string of the molecule is CCN1C=C(F)C(O)NC1=O. The molecule has 0 saturated heterocycles. The van der Waals surface area contributed by atoms with Gasteiger partial charge in [0.1, 0.15) is 0 Å². The van der Waals surface area contributed by atoms with Crippen molar-refractivity contribution in [3.8, 4) is 0 Å². The summed E-state index contributed by atoms with van der Waals surface area (Å²) in [6.45, 7) is 2.09. The first-order valence-corrected chi connectivity index (χ1v) is 3.27. The second-order valence-electron chi connectivity index (χ2n) is 2.15. The largest absolute Gasteiger partial charge is 0.367 e. The minimum Gasteiger partial charge on any atom is -0.367 e. The number of aliphatic hydroxyl groups is 1. The maximum Gasteiger partial charge on any atom is 0.323 e. The van der Waals surface area contributed by atoms with E-state index in [0.29, 0.717) is 6.54 Å². The first-order chi connectivity index (χ1) is 5.15.